The molecule has 0 aromatic heterocycles. The maximum absolute atomic E-state index is 6.62. The fourth-order valence-electron chi connectivity index (χ4n) is 4.84. The van der Waals surface area contributed by atoms with Crippen LogP contribution in [0.5, 0.6) is 11.5 Å². The van der Waals surface area contributed by atoms with Crippen molar-refractivity contribution in [1.82, 2.24) is 0 Å². The van der Waals surface area contributed by atoms with Crippen molar-refractivity contribution in [2.45, 2.75) is 25.0 Å². The highest BCUT2D eigenvalue weighted by Gasteiger charge is 2.41. The van der Waals surface area contributed by atoms with Gasteiger partial charge in [0.2, 0.25) is 0 Å². The standard InChI is InChI=1S/C26H19BrCl5NO2/c1-34-21-8-13(7-17(27)26(21)35-11-12-5-6-14(28)9-18(12)29)24-16-4-2-3-15(16)22-23(32)19(30)10-20(31)25(22)33-24/h2-3,5-10,15-16,24,33H,4,11H2,1H3/t15-,16+,24-/m0/s1. The lowest BCUT2D eigenvalue weighted by molar-refractivity contribution is 0.282. The van der Waals surface area contributed by atoms with Gasteiger partial charge in [0.15, 0.2) is 11.5 Å². The number of halogens is 6. The van der Waals surface area contributed by atoms with Gasteiger partial charge in [-0.05, 0) is 64.2 Å². The molecule has 0 amide bonds. The summed E-state index contributed by atoms with van der Waals surface area (Å²) in [4.78, 5) is 0. The molecule has 2 aliphatic rings. The van der Waals surface area contributed by atoms with Crippen molar-refractivity contribution < 1.29 is 9.47 Å². The Morgan fingerprint density at radius 3 is 2.54 bits per heavy atom. The summed E-state index contributed by atoms with van der Waals surface area (Å²) in [6.07, 6.45) is 5.27. The average molecular weight is 635 g/mol. The van der Waals surface area contributed by atoms with Gasteiger partial charge in [-0.1, -0.05) is 76.2 Å². The van der Waals surface area contributed by atoms with E-state index in [2.05, 4.69) is 33.4 Å². The first-order valence-electron chi connectivity index (χ1n) is 10.8. The van der Waals surface area contributed by atoms with Crippen LogP contribution in [0.1, 0.15) is 35.1 Å². The lowest BCUT2D eigenvalue weighted by atomic mass is 9.77. The third kappa shape index (κ3) is 4.74. The van der Waals surface area contributed by atoms with Gasteiger partial charge in [0.05, 0.1) is 38.4 Å². The average Bonchev–Trinajstić information content (AvgIpc) is 3.31. The van der Waals surface area contributed by atoms with Crippen LogP contribution in [-0.4, -0.2) is 7.11 Å². The molecular formula is C26H19BrCl5NO2. The van der Waals surface area contributed by atoms with Gasteiger partial charge in [0.1, 0.15) is 6.61 Å². The van der Waals surface area contributed by atoms with Gasteiger partial charge in [-0.2, -0.15) is 0 Å². The second-order valence-corrected chi connectivity index (χ2v) is 11.4. The first-order chi connectivity index (χ1) is 16.8. The van der Waals surface area contributed by atoms with Gasteiger partial charge >= 0.3 is 0 Å². The summed E-state index contributed by atoms with van der Waals surface area (Å²) in [5.74, 6) is 1.54. The van der Waals surface area contributed by atoms with E-state index in [4.69, 9.17) is 67.5 Å². The maximum Gasteiger partial charge on any atom is 0.175 e. The van der Waals surface area contributed by atoms with Crippen molar-refractivity contribution in [2.75, 3.05) is 12.4 Å². The number of fused-ring (bicyclic) bond motifs is 3. The zero-order valence-corrected chi connectivity index (χ0v) is 23.7. The summed E-state index contributed by atoms with van der Waals surface area (Å²) >= 11 is 35.6. The number of rotatable bonds is 5. The first-order valence-corrected chi connectivity index (χ1v) is 13.5. The van der Waals surface area contributed by atoms with Crippen LogP contribution < -0.4 is 14.8 Å². The van der Waals surface area contributed by atoms with E-state index in [1.165, 1.54) is 0 Å². The summed E-state index contributed by atoms with van der Waals surface area (Å²) in [5.41, 5.74) is 3.62. The molecule has 0 bridgehead atoms. The van der Waals surface area contributed by atoms with Crippen molar-refractivity contribution in [3.63, 3.8) is 0 Å². The number of anilines is 1. The van der Waals surface area contributed by atoms with Crippen LogP contribution in [0.4, 0.5) is 5.69 Å². The molecule has 3 nitrogen and oxygen atoms in total. The van der Waals surface area contributed by atoms with Crippen molar-refractivity contribution in [3.05, 3.63) is 94.8 Å². The molecule has 1 aliphatic heterocycles. The number of ether oxygens (including phenoxy) is 2. The molecule has 0 fully saturated rings. The van der Waals surface area contributed by atoms with Crippen LogP contribution in [0.2, 0.25) is 25.1 Å². The van der Waals surface area contributed by atoms with Crippen molar-refractivity contribution >= 4 is 79.6 Å². The molecule has 0 saturated carbocycles. The Hall–Kier alpha value is -1.27. The quantitative estimate of drug-likeness (QED) is 0.224. The van der Waals surface area contributed by atoms with E-state index in [9.17, 15) is 0 Å². The summed E-state index contributed by atoms with van der Waals surface area (Å²) in [6.45, 7) is 0.267. The Kier molecular flexibility index (Phi) is 7.43. The number of nitrogens with one attached hydrogen (secondary N) is 1. The van der Waals surface area contributed by atoms with Crippen LogP contribution in [0.3, 0.4) is 0 Å². The van der Waals surface area contributed by atoms with Crippen LogP contribution in [0.15, 0.2) is 53.0 Å². The normalized spacial score (nSPS) is 20.3. The van der Waals surface area contributed by atoms with E-state index in [1.54, 1.807) is 25.3 Å². The maximum atomic E-state index is 6.62. The van der Waals surface area contributed by atoms with Gasteiger partial charge in [-0.25, -0.2) is 0 Å². The third-order valence-electron chi connectivity index (χ3n) is 6.48. The van der Waals surface area contributed by atoms with E-state index in [-0.39, 0.29) is 24.5 Å². The Morgan fingerprint density at radius 2 is 1.80 bits per heavy atom. The van der Waals surface area contributed by atoms with Gasteiger partial charge in [0.25, 0.3) is 0 Å². The minimum atomic E-state index is -0.0257. The first kappa shape index (κ1) is 25.4. The molecule has 3 atom stereocenters. The van der Waals surface area contributed by atoms with Crippen LogP contribution in [-0.2, 0) is 6.61 Å². The highest BCUT2D eigenvalue weighted by molar-refractivity contribution is 9.10. The largest absolute Gasteiger partial charge is 0.493 e. The topological polar surface area (TPSA) is 30.5 Å². The van der Waals surface area contributed by atoms with Crippen molar-refractivity contribution in [2.24, 2.45) is 5.92 Å². The predicted molar refractivity (Wildman–Crippen MR) is 149 cm³/mol. The molecule has 1 heterocycles. The van der Waals surface area contributed by atoms with E-state index < -0.39 is 0 Å². The lowest BCUT2D eigenvalue weighted by Crippen LogP contribution is -2.29. The molecule has 35 heavy (non-hydrogen) atoms. The van der Waals surface area contributed by atoms with Gasteiger partial charge < -0.3 is 14.8 Å². The summed E-state index contributed by atoms with van der Waals surface area (Å²) < 4.78 is 12.6. The number of allylic oxidation sites excluding steroid dienone is 2. The summed E-state index contributed by atoms with van der Waals surface area (Å²) in [6, 6.07) is 11.0. The Labute approximate surface area is 237 Å². The second-order valence-electron chi connectivity index (χ2n) is 8.48. The van der Waals surface area contributed by atoms with Gasteiger partial charge in [0, 0.05) is 27.1 Å². The highest BCUT2D eigenvalue weighted by Crippen LogP contribution is 2.55. The number of hydrogen-bond donors (Lipinski definition) is 1. The highest BCUT2D eigenvalue weighted by atomic mass is 79.9. The lowest BCUT2D eigenvalue weighted by Gasteiger charge is -2.38. The minimum absolute atomic E-state index is 0.0257. The SMILES string of the molecule is COc1cc([C@@H]2Nc3c(Cl)cc(Cl)c(Cl)c3[C@H]3C=CC[C@H]32)cc(Br)c1OCc1ccc(Cl)cc1Cl. The van der Waals surface area contributed by atoms with Crippen LogP contribution in [0, 0.1) is 5.92 Å². The molecule has 182 valence electrons. The molecule has 0 radical (unpaired) electrons. The second kappa shape index (κ2) is 10.2. The Balaban J connectivity index is 1.49. The smallest absolute Gasteiger partial charge is 0.175 e. The molecule has 3 aromatic carbocycles. The monoisotopic (exact) mass is 631 g/mol. The van der Waals surface area contributed by atoms with Gasteiger partial charge in [-0.3, -0.25) is 0 Å². The number of methoxy groups -OCH3 is 1. The van der Waals surface area contributed by atoms with E-state index in [0.29, 0.717) is 36.6 Å². The van der Waals surface area contributed by atoms with Crippen molar-refractivity contribution in [1.29, 1.82) is 0 Å². The zero-order chi connectivity index (χ0) is 24.9. The summed E-state index contributed by atoms with van der Waals surface area (Å²) in [7, 11) is 1.62. The van der Waals surface area contributed by atoms with Crippen LogP contribution in [0.25, 0.3) is 0 Å². The van der Waals surface area contributed by atoms with Crippen LogP contribution >= 0.6 is 73.9 Å². The molecular weight excluding hydrogens is 615 g/mol. The molecule has 5 rings (SSSR count). The third-order valence-corrected chi connectivity index (χ3v) is 8.76. The predicted octanol–water partition coefficient (Wildman–Crippen LogP) is 10.1. The number of hydrogen-bond acceptors (Lipinski definition) is 3. The summed E-state index contributed by atoms with van der Waals surface area (Å²) in [5, 5.41) is 6.30. The van der Waals surface area contributed by atoms with E-state index >= 15 is 0 Å². The fourth-order valence-corrected chi connectivity index (χ4v) is 6.68. The van der Waals surface area contributed by atoms with Gasteiger partial charge in [-0.15, -0.1) is 0 Å². The molecule has 1 N–H and O–H groups in total. The molecule has 3 aromatic rings. The minimum Gasteiger partial charge on any atom is -0.493 e. The Bertz CT molecular complexity index is 1350. The fraction of sp³-hybridized carbons (Fsp3) is 0.231. The molecule has 9 heteroatoms. The zero-order valence-electron chi connectivity index (χ0n) is 18.3. The molecule has 1 aliphatic carbocycles. The molecule has 0 unspecified atom stereocenters. The molecule has 0 saturated heterocycles. The Morgan fingerprint density at radius 1 is 1.00 bits per heavy atom. The van der Waals surface area contributed by atoms with E-state index in [0.717, 1.165) is 33.3 Å². The number of benzene rings is 3. The molecule has 0 spiro atoms. The van der Waals surface area contributed by atoms with E-state index in [1.807, 2.05) is 18.2 Å². The van der Waals surface area contributed by atoms with Crippen molar-refractivity contribution in [3.8, 4) is 11.5 Å².